The van der Waals surface area contributed by atoms with Crippen LogP contribution in [0, 0.1) is 5.41 Å². The third-order valence-electron chi connectivity index (χ3n) is 2.28. The van der Waals surface area contributed by atoms with Crippen molar-refractivity contribution in [2.45, 2.75) is 0 Å². The van der Waals surface area contributed by atoms with Crippen molar-refractivity contribution in [2.75, 3.05) is 0 Å². The summed E-state index contributed by atoms with van der Waals surface area (Å²) in [6.45, 7) is 0. The molecule has 2 heterocycles. The number of aromatic nitrogens is 2. The number of halogens is 2. The fourth-order valence-corrected chi connectivity index (χ4v) is 1.52. The molecule has 0 saturated carbocycles. The zero-order chi connectivity index (χ0) is 15.8. The van der Waals surface area contributed by atoms with E-state index >= 15 is 0 Å². The third-order valence-corrected chi connectivity index (χ3v) is 2.73. The average molecular weight is 336 g/mol. The molecular formula is C13H11Cl2N7. The highest BCUT2D eigenvalue weighted by atomic mass is 35.5. The Morgan fingerprint density at radius 3 is 1.73 bits per heavy atom. The second-order valence-electron chi connectivity index (χ2n) is 3.94. The highest BCUT2D eigenvalue weighted by Crippen LogP contribution is 2.03. The predicted molar refractivity (Wildman–Crippen MR) is 87.7 cm³/mol. The van der Waals surface area contributed by atoms with E-state index in [1.165, 1.54) is 12.4 Å². The summed E-state index contributed by atoms with van der Waals surface area (Å²) in [5.41, 5.74) is 6.44. The van der Waals surface area contributed by atoms with Crippen molar-refractivity contribution in [1.29, 1.82) is 5.41 Å². The zero-order valence-electron chi connectivity index (χ0n) is 11.2. The molecule has 0 aliphatic carbocycles. The number of nitrogens with zero attached hydrogens (tertiary/aromatic N) is 4. The van der Waals surface area contributed by atoms with E-state index in [0.717, 1.165) is 11.1 Å². The van der Waals surface area contributed by atoms with E-state index in [9.17, 15) is 0 Å². The van der Waals surface area contributed by atoms with Gasteiger partial charge in [-0.05, 0) is 24.3 Å². The van der Waals surface area contributed by atoms with Gasteiger partial charge < -0.3 is 0 Å². The van der Waals surface area contributed by atoms with Crippen molar-refractivity contribution < 1.29 is 0 Å². The van der Waals surface area contributed by atoms with Gasteiger partial charge in [0.1, 0.15) is 10.3 Å². The second-order valence-corrected chi connectivity index (χ2v) is 4.72. The van der Waals surface area contributed by atoms with Gasteiger partial charge in [0.2, 0.25) is 5.96 Å². The molecule has 112 valence electrons. The first-order valence-corrected chi connectivity index (χ1v) is 6.79. The fraction of sp³-hybridized carbons (Fsp3) is 0. The molecule has 7 nitrogen and oxygen atoms in total. The molecule has 22 heavy (non-hydrogen) atoms. The first kappa shape index (κ1) is 15.9. The molecule has 0 bridgehead atoms. The summed E-state index contributed by atoms with van der Waals surface area (Å²) in [6.07, 6.45) is 6.14. The molecule has 0 amide bonds. The molecule has 0 aliphatic heterocycles. The van der Waals surface area contributed by atoms with Gasteiger partial charge in [-0.15, -0.1) is 0 Å². The Balaban J connectivity index is 1.78. The number of hydrazone groups is 2. The van der Waals surface area contributed by atoms with Crippen molar-refractivity contribution in [1.82, 2.24) is 20.8 Å². The number of hydrogen-bond acceptors (Lipinski definition) is 5. The van der Waals surface area contributed by atoms with Gasteiger partial charge in [-0.25, -0.2) is 20.8 Å². The minimum absolute atomic E-state index is 0.0867. The number of hydrogen-bond donors (Lipinski definition) is 3. The lowest BCUT2D eigenvalue weighted by molar-refractivity contribution is 0.893. The van der Waals surface area contributed by atoms with E-state index in [-0.39, 0.29) is 5.96 Å². The van der Waals surface area contributed by atoms with Crippen LogP contribution in [-0.2, 0) is 0 Å². The van der Waals surface area contributed by atoms with Crippen LogP contribution in [0.3, 0.4) is 0 Å². The van der Waals surface area contributed by atoms with Crippen LogP contribution in [0.5, 0.6) is 0 Å². The number of pyridine rings is 2. The Morgan fingerprint density at radius 2 is 1.36 bits per heavy atom. The van der Waals surface area contributed by atoms with E-state index in [0.29, 0.717) is 10.3 Å². The van der Waals surface area contributed by atoms with Crippen LogP contribution in [0.4, 0.5) is 0 Å². The van der Waals surface area contributed by atoms with Crippen molar-refractivity contribution >= 4 is 41.6 Å². The molecule has 0 unspecified atom stereocenters. The molecule has 9 heteroatoms. The highest BCUT2D eigenvalue weighted by molar-refractivity contribution is 6.29. The summed E-state index contributed by atoms with van der Waals surface area (Å²) in [6, 6.07) is 6.81. The van der Waals surface area contributed by atoms with Crippen LogP contribution in [0.2, 0.25) is 10.3 Å². The molecular weight excluding hydrogens is 325 g/mol. The molecule has 0 aromatic carbocycles. The Bertz CT molecular complexity index is 621. The molecule has 0 radical (unpaired) electrons. The molecule has 2 aromatic heterocycles. The summed E-state index contributed by atoms with van der Waals surface area (Å²) >= 11 is 11.3. The summed E-state index contributed by atoms with van der Waals surface area (Å²) in [5.74, 6) is -0.0867. The lowest BCUT2D eigenvalue weighted by atomic mass is 10.3. The maximum Gasteiger partial charge on any atom is 0.230 e. The smallest absolute Gasteiger partial charge is 0.230 e. The predicted octanol–water partition coefficient (Wildman–Crippen LogP) is 2.27. The SMILES string of the molecule is N=C(N/N=C/c1ccc(Cl)nc1)N/N=C/c1ccc(Cl)nc1. The van der Waals surface area contributed by atoms with Gasteiger partial charge in [0.25, 0.3) is 0 Å². The molecule has 0 saturated heterocycles. The van der Waals surface area contributed by atoms with Crippen molar-refractivity contribution in [2.24, 2.45) is 10.2 Å². The Labute approximate surface area is 136 Å². The molecule has 2 rings (SSSR count). The minimum Gasteiger partial charge on any atom is -0.266 e. The number of rotatable bonds is 4. The van der Waals surface area contributed by atoms with E-state index in [1.807, 2.05) is 0 Å². The van der Waals surface area contributed by atoms with Gasteiger partial charge in [-0.2, -0.15) is 10.2 Å². The second kappa shape index (κ2) is 8.06. The molecule has 0 fully saturated rings. The van der Waals surface area contributed by atoms with Gasteiger partial charge in [-0.3, -0.25) is 5.41 Å². The fourth-order valence-electron chi connectivity index (χ4n) is 1.29. The molecule has 0 aliphatic rings. The molecule has 2 aromatic rings. The first-order chi connectivity index (χ1) is 10.6. The van der Waals surface area contributed by atoms with Crippen LogP contribution >= 0.6 is 23.2 Å². The van der Waals surface area contributed by atoms with Crippen LogP contribution in [0.15, 0.2) is 46.9 Å². The van der Waals surface area contributed by atoms with Gasteiger partial charge >= 0.3 is 0 Å². The third kappa shape index (κ3) is 5.47. The highest BCUT2D eigenvalue weighted by Gasteiger charge is 1.92. The maximum atomic E-state index is 7.57. The lowest BCUT2D eigenvalue weighted by Crippen LogP contribution is -2.29. The molecule has 3 N–H and O–H groups in total. The van der Waals surface area contributed by atoms with E-state index in [1.54, 1.807) is 36.7 Å². The van der Waals surface area contributed by atoms with Crippen LogP contribution < -0.4 is 10.9 Å². The van der Waals surface area contributed by atoms with Gasteiger partial charge in [0.05, 0.1) is 12.4 Å². The molecule has 0 atom stereocenters. The van der Waals surface area contributed by atoms with Crippen molar-refractivity contribution in [3.63, 3.8) is 0 Å². The summed E-state index contributed by atoms with van der Waals surface area (Å²) < 4.78 is 0. The summed E-state index contributed by atoms with van der Waals surface area (Å²) in [5, 5.41) is 16.1. The topological polar surface area (TPSA) is 98.4 Å². The van der Waals surface area contributed by atoms with Gasteiger partial charge in [0.15, 0.2) is 0 Å². The monoisotopic (exact) mass is 335 g/mol. The van der Waals surface area contributed by atoms with E-state index in [2.05, 4.69) is 31.0 Å². The quantitative estimate of drug-likeness (QED) is 0.345. The lowest BCUT2D eigenvalue weighted by Gasteiger charge is -2.00. The first-order valence-electron chi connectivity index (χ1n) is 6.03. The largest absolute Gasteiger partial charge is 0.266 e. The Kier molecular flexibility index (Phi) is 5.81. The van der Waals surface area contributed by atoms with Gasteiger partial charge in [0, 0.05) is 23.5 Å². The van der Waals surface area contributed by atoms with E-state index in [4.69, 9.17) is 28.6 Å². The van der Waals surface area contributed by atoms with Crippen molar-refractivity contribution in [3.8, 4) is 0 Å². The normalized spacial score (nSPS) is 11.0. The summed E-state index contributed by atoms with van der Waals surface area (Å²) in [4.78, 5) is 7.81. The van der Waals surface area contributed by atoms with Gasteiger partial charge in [-0.1, -0.05) is 23.2 Å². The van der Waals surface area contributed by atoms with Crippen LogP contribution in [0.25, 0.3) is 0 Å². The molecule has 0 spiro atoms. The number of guanidine groups is 1. The summed E-state index contributed by atoms with van der Waals surface area (Å²) in [7, 11) is 0. The van der Waals surface area contributed by atoms with Crippen LogP contribution in [-0.4, -0.2) is 28.4 Å². The van der Waals surface area contributed by atoms with Crippen LogP contribution in [0.1, 0.15) is 11.1 Å². The maximum absolute atomic E-state index is 7.57. The Hall–Kier alpha value is -2.51. The Morgan fingerprint density at radius 1 is 0.909 bits per heavy atom. The standard InChI is InChI=1S/C13H11Cl2N7/c14-11-3-1-9(5-17-11)7-19-21-13(16)22-20-8-10-2-4-12(15)18-6-10/h1-8H,(H3,16,21,22)/b19-7+,20-8+. The minimum atomic E-state index is -0.0867. The van der Waals surface area contributed by atoms with Crippen molar-refractivity contribution in [3.05, 3.63) is 58.1 Å². The van der Waals surface area contributed by atoms with E-state index < -0.39 is 0 Å². The zero-order valence-corrected chi connectivity index (χ0v) is 12.7. The average Bonchev–Trinajstić information content (AvgIpc) is 2.51. The number of nitrogens with one attached hydrogen (secondary N) is 3.